The van der Waals surface area contributed by atoms with Crippen LogP contribution in [-0.2, 0) is 4.74 Å². The van der Waals surface area contributed by atoms with Crippen LogP contribution in [0.5, 0.6) is 0 Å². The van der Waals surface area contributed by atoms with Crippen LogP contribution in [0.25, 0.3) is 0 Å². The van der Waals surface area contributed by atoms with Crippen molar-refractivity contribution in [3.8, 4) is 0 Å². The van der Waals surface area contributed by atoms with E-state index in [9.17, 15) is 0 Å². The first-order valence-corrected chi connectivity index (χ1v) is 5.39. The summed E-state index contributed by atoms with van der Waals surface area (Å²) in [7, 11) is 0. The number of hydrogen-bond donors (Lipinski definition) is 0. The average molecular weight is 249 g/mol. The van der Waals surface area contributed by atoms with Crippen molar-refractivity contribution in [3.05, 3.63) is 0 Å². The van der Waals surface area contributed by atoms with Gasteiger partial charge in [0.1, 0.15) is 0 Å². The maximum Gasteiger partial charge on any atom is 0.0714 e. The van der Waals surface area contributed by atoms with Gasteiger partial charge in [-0.2, -0.15) is 0 Å². The summed E-state index contributed by atoms with van der Waals surface area (Å²) in [6.07, 6.45) is 1.26. The van der Waals surface area contributed by atoms with Crippen LogP contribution in [0.4, 0.5) is 0 Å². The van der Waals surface area contributed by atoms with Crippen molar-refractivity contribution in [2.24, 2.45) is 0 Å². The smallest absolute Gasteiger partial charge is 0.0714 e. The third kappa shape index (κ3) is 5.28. The van der Waals surface area contributed by atoms with Crippen LogP contribution in [0.2, 0.25) is 0 Å². The van der Waals surface area contributed by atoms with E-state index in [4.69, 9.17) is 27.9 Å². The van der Waals surface area contributed by atoms with Crippen molar-refractivity contribution in [2.45, 2.75) is 12.5 Å². The van der Waals surface area contributed by atoms with Gasteiger partial charge in [0.25, 0.3) is 0 Å². The minimum Gasteiger partial charge on any atom is -0.376 e. The Balaban J connectivity index is 0.00000144. The zero-order valence-electron chi connectivity index (χ0n) is 7.55. The molecule has 0 aliphatic carbocycles. The number of halogens is 3. The number of rotatable bonds is 4. The van der Waals surface area contributed by atoms with Crippen LogP contribution >= 0.6 is 35.6 Å². The normalized spacial score (nSPS) is 24.0. The Hall–Kier alpha value is 0.790. The quantitative estimate of drug-likeness (QED) is 0.706. The lowest BCUT2D eigenvalue weighted by Crippen LogP contribution is -2.43. The summed E-state index contributed by atoms with van der Waals surface area (Å²) in [4.78, 5) is 2.33. The van der Waals surface area contributed by atoms with E-state index in [0.717, 1.165) is 32.7 Å². The van der Waals surface area contributed by atoms with Gasteiger partial charge in [-0.1, -0.05) is 0 Å². The third-order valence-electron chi connectivity index (χ3n) is 2.05. The second kappa shape index (κ2) is 8.13. The summed E-state index contributed by atoms with van der Waals surface area (Å²) in [6.45, 7) is 3.77. The first-order chi connectivity index (χ1) is 5.86. The molecule has 0 aromatic rings. The molecular weight excluding hydrogens is 232 g/mol. The highest BCUT2D eigenvalue weighted by atomic mass is 35.5. The summed E-state index contributed by atoms with van der Waals surface area (Å²) in [5.41, 5.74) is 0. The molecule has 0 spiro atoms. The van der Waals surface area contributed by atoms with Gasteiger partial charge in [0.05, 0.1) is 12.7 Å². The molecule has 0 aromatic heterocycles. The second-order valence-electron chi connectivity index (χ2n) is 2.96. The molecule has 1 unspecified atom stereocenters. The minimum absolute atomic E-state index is 0. The second-order valence-corrected chi connectivity index (χ2v) is 3.72. The molecule has 80 valence electrons. The SMILES string of the molecule is Cl.ClCCC1CN(CCCl)CCO1. The Morgan fingerprint density at radius 1 is 1.31 bits per heavy atom. The van der Waals surface area contributed by atoms with Gasteiger partial charge in [0.2, 0.25) is 0 Å². The van der Waals surface area contributed by atoms with E-state index < -0.39 is 0 Å². The van der Waals surface area contributed by atoms with E-state index in [1.165, 1.54) is 0 Å². The van der Waals surface area contributed by atoms with Crippen molar-refractivity contribution in [3.63, 3.8) is 0 Å². The van der Waals surface area contributed by atoms with E-state index in [2.05, 4.69) is 4.90 Å². The van der Waals surface area contributed by atoms with Crippen molar-refractivity contribution < 1.29 is 4.74 Å². The van der Waals surface area contributed by atoms with Crippen molar-refractivity contribution in [2.75, 3.05) is 38.0 Å². The van der Waals surface area contributed by atoms with Crippen LogP contribution in [-0.4, -0.2) is 49.0 Å². The van der Waals surface area contributed by atoms with Gasteiger partial charge in [-0.15, -0.1) is 35.6 Å². The Bertz CT molecular complexity index is 110. The molecular formula is C8H16Cl3NO. The zero-order chi connectivity index (χ0) is 8.81. The number of morpholine rings is 1. The van der Waals surface area contributed by atoms with Gasteiger partial charge >= 0.3 is 0 Å². The summed E-state index contributed by atoms with van der Waals surface area (Å²) in [5.74, 6) is 1.38. The van der Waals surface area contributed by atoms with Gasteiger partial charge in [-0.05, 0) is 6.42 Å². The molecule has 1 aliphatic heterocycles. The molecule has 2 nitrogen and oxygen atoms in total. The Labute approximate surface area is 95.9 Å². The molecule has 0 N–H and O–H groups in total. The van der Waals surface area contributed by atoms with E-state index in [0.29, 0.717) is 17.9 Å². The largest absolute Gasteiger partial charge is 0.376 e. The Morgan fingerprint density at radius 2 is 2.08 bits per heavy atom. The minimum atomic E-state index is 0. The molecule has 0 saturated carbocycles. The van der Waals surface area contributed by atoms with Crippen LogP contribution < -0.4 is 0 Å². The Kier molecular flexibility index (Phi) is 8.62. The number of nitrogens with zero attached hydrogens (tertiary/aromatic N) is 1. The maximum absolute atomic E-state index is 5.65. The van der Waals surface area contributed by atoms with E-state index in [1.54, 1.807) is 0 Å². The summed E-state index contributed by atoms with van der Waals surface area (Å²) < 4.78 is 5.53. The predicted molar refractivity (Wildman–Crippen MR) is 59.5 cm³/mol. The van der Waals surface area contributed by atoms with Crippen LogP contribution in [0.3, 0.4) is 0 Å². The maximum atomic E-state index is 5.65. The average Bonchev–Trinajstić information content (AvgIpc) is 2.06. The first-order valence-electron chi connectivity index (χ1n) is 4.32. The summed E-state index contributed by atoms with van der Waals surface area (Å²) in [5, 5.41) is 0. The van der Waals surface area contributed by atoms with Gasteiger partial charge in [0, 0.05) is 31.4 Å². The lowest BCUT2D eigenvalue weighted by Gasteiger charge is -2.32. The van der Waals surface area contributed by atoms with Crippen LogP contribution in [0, 0.1) is 0 Å². The third-order valence-corrected chi connectivity index (χ3v) is 2.44. The lowest BCUT2D eigenvalue weighted by atomic mass is 10.2. The fraction of sp³-hybridized carbons (Fsp3) is 1.00. The van der Waals surface area contributed by atoms with Gasteiger partial charge in [0.15, 0.2) is 0 Å². The predicted octanol–water partition coefficient (Wildman–Crippen LogP) is 1.98. The molecule has 5 heteroatoms. The molecule has 0 radical (unpaired) electrons. The van der Waals surface area contributed by atoms with E-state index >= 15 is 0 Å². The van der Waals surface area contributed by atoms with Gasteiger partial charge in [-0.3, -0.25) is 4.90 Å². The number of alkyl halides is 2. The molecule has 1 heterocycles. The molecule has 1 atom stereocenters. The highest BCUT2D eigenvalue weighted by molar-refractivity contribution is 6.18. The van der Waals surface area contributed by atoms with Crippen molar-refractivity contribution in [1.29, 1.82) is 0 Å². The lowest BCUT2D eigenvalue weighted by molar-refractivity contribution is -0.0271. The van der Waals surface area contributed by atoms with Gasteiger partial charge in [-0.25, -0.2) is 0 Å². The fourth-order valence-electron chi connectivity index (χ4n) is 1.40. The van der Waals surface area contributed by atoms with E-state index in [1.807, 2.05) is 0 Å². The number of hydrogen-bond acceptors (Lipinski definition) is 2. The molecule has 1 fully saturated rings. The fourth-order valence-corrected chi connectivity index (χ4v) is 1.88. The highest BCUT2D eigenvalue weighted by Gasteiger charge is 2.18. The van der Waals surface area contributed by atoms with Crippen LogP contribution in [0.15, 0.2) is 0 Å². The van der Waals surface area contributed by atoms with E-state index in [-0.39, 0.29) is 12.4 Å². The molecule has 1 saturated heterocycles. The molecule has 1 aliphatic rings. The number of ether oxygens (including phenoxy) is 1. The van der Waals surface area contributed by atoms with Crippen molar-refractivity contribution in [1.82, 2.24) is 4.90 Å². The molecule has 0 amide bonds. The van der Waals surface area contributed by atoms with Gasteiger partial charge < -0.3 is 4.74 Å². The standard InChI is InChI=1S/C8H15Cl2NO.ClH/c9-2-1-8-7-11(4-3-10)5-6-12-8;/h8H,1-7H2;1H. The topological polar surface area (TPSA) is 12.5 Å². The van der Waals surface area contributed by atoms with Crippen LogP contribution in [0.1, 0.15) is 6.42 Å². The molecule has 0 aromatic carbocycles. The highest BCUT2D eigenvalue weighted by Crippen LogP contribution is 2.08. The monoisotopic (exact) mass is 247 g/mol. The zero-order valence-corrected chi connectivity index (χ0v) is 9.88. The Morgan fingerprint density at radius 3 is 2.69 bits per heavy atom. The summed E-state index contributed by atoms with van der Waals surface area (Å²) >= 11 is 11.3. The molecule has 1 rings (SSSR count). The van der Waals surface area contributed by atoms with Crippen molar-refractivity contribution >= 4 is 35.6 Å². The summed E-state index contributed by atoms with van der Waals surface area (Å²) in [6, 6.07) is 0. The first kappa shape index (κ1) is 13.8. The molecule has 0 bridgehead atoms. The molecule has 13 heavy (non-hydrogen) atoms.